The van der Waals surface area contributed by atoms with Gasteiger partial charge in [0.05, 0.1) is 12.2 Å². The third kappa shape index (κ3) is 4.84. The van der Waals surface area contributed by atoms with Crippen molar-refractivity contribution in [1.29, 1.82) is 0 Å². The highest BCUT2D eigenvalue weighted by molar-refractivity contribution is 7.07. The van der Waals surface area contributed by atoms with Gasteiger partial charge in [-0.15, -0.1) is 0 Å². The third-order valence-electron chi connectivity index (χ3n) is 3.30. The lowest BCUT2D eigenvalue weighted by Crippen LogP contribution is -2.24. The molecule has 0 radical (unpaired) electrons. The minimum Gasteiger partial charge on any atom is -0.491 e. The Labute approximate surface area is 130 Å². The van der Waals surface area contributed by atoms with Crippen molar-refractivity contribution >= 4 is 11.3 Å². The Kier molecular flexibility index (Phi) is 5.79. The predicted octanol–water partition coefficient (Wildman–Crippen LogP) is 3.92. The second-order valence-electron chi connectivity index (χ2n) is 5.44. The third-order valence-corrected chi connectivity index (χ3v) is 4.00. The van der Waals surface area contributed by atoms with Gasteiger partial charge in [-0.3, -0.25) is 0 Å². The van der Waals surface area contributed by atoms with Crippen molar-refractivity contribution < 1.29 is 9.84 Å². The van der Waals surface area contributed by atoms with Gasteiger partial charge in [0.2, 0.25) is 0 Å². The smallest absolute Gasteiger partial charge is 0.119 e. The first-order chi connectivity index (χ1) is 10.1. The van der Waals surface area contributed by atoms with Gasteiger partial charge >= 0.3 is 0 Å². The second-order valence-corrected chi connectivity index (χ2v) is 6.22. The summed E-state index contributed by atoms with van der Waals surface area (Å²) >= 11 is 1.69. The molecule has 2 unspecified atom stereocenters. The Balaban J connectivity index is 1.86. The number of hydrogen-bond donors (Lipinski definition) is 2. The van der Waals surface area contributed by atoms with E-state index in [1.165, 1.54) is 5.56 Å². The minimum atomic E-state index is -0.515. The quantitative estimate of drug-likeness (QED) is 0.814. The molecule has 0 aliphatic rings. The van der Waals surface area contributed by atoms with Gasteiger partial charge in [-0.05, 0) is 60.9 Å². The van der Waals surface area contributed by atoms with E-state index < -0.39 is 6.10 Å². The first-order valence-corrected chi connectivity index (χ1v) is 8.20. The number of ether oxygens (including phenoxy) is 1. The average molecular weight is 305 g/mol. The van der Waals surface area contributed by atoms with E-state index in [2.05, 4.69) is 29.1 Å². The summed E-state index contributed by atoms with van der Waals surface area (Å²) in [5, 5.41) is 17.8. The lowest BCUT2D eigenvalue weighted by atomic mass is 10.1. The van der Waals surface area contributed by atoms with Crippen molar-refractivity contribution in [2.45, 2.75) is 39.0 Å². The summed E-state index contributed by atoms with van der Waals surface area (Å²) in [5.41, 5.74) is 2.16. The van der Waals surface area contributed by atoms with E-state index in [1.807, 2.05) is 38.1 Å². The van der Waals surface area contributed by atoms with Crippen molar-refractivity contribution in [2.24, 2.45) is 0 Å². The summed E-state index contributed by atoms with van der Waals surface area (Å²) < 4.78 is 5.60. The van der Waals surface area contributed by atoms with Gasteiger partial charge in [-0.25, -0.2) is 0 Å². The van der Waals surface area contributed by atoms with Crippen LogP contribution in [-0.4, -0.2) is 17.8 Å². The molecule has 0 bridgehead atoms. The van der Waals surface area contributed by atoms with Gasteiger partial charge in [0, 0.05) is 12.6 Å². The fourth-order valence-electron chi connectivity index (χ4n) is 2.09. The number of hydrogen-bond acceptors (Lipinski definition) is 4. The van der Waals surface area contributed by atoms with E-state index in [4.69, 9.17) is 4.74 Å². The largest absolute Gasteiger partial charge is 0.491 e. The van der Waals surface area contributed by atoms with Gasteiger partial charge in [0.25, 0.3) is 0 Å². The van der Waals surface area contributed by atoms with Gasteiger partial charge < -0.3 is 15.2 Å². The molecule has 0 aliphatic carbocycles. The maximum atomic E-state index is 10.2. The topological polar surface area (TPSA) is 41.5 Å². The molecule has 0 saturated heterocycles. The van der Waals surface area contributed by atoms with Crippen LogP contribution >= 0.6 is 11.3 Å². The summed E-state index contributed by atoms with van der Waals surface area (Å²) in [6.07, 6.45) is -0.354. The Hall–Kier alpha value is -1.36. The standard InChI is InChI=1S/C17H23NO2S/c1-12(2)20-16-6-4-14(5-7-16)17(19)10-18-13(3)15-8-9-21-11-15/h4-9,11-13,17-19H,10H2,1-3H3. The molecule has 4 heteroatoms. The average Bonchev–Trinajstić information content (AvgIpc) is 2.99. The molecule has 2 rings (SSSR count). The highest BCUT2D eigenvalue weighted by atomic mass is 32.1. The molecular weight excluding hydrogens is 282 g/mol. The Morgan fingerprint density at radius 1 is 1.10 bits per heavy atom. The van der Waals surface area contributed by atoms with Crippen LogP contribution in [0.25, 0.3) is 0 Å². The van der Waals surface area contributed by atoms with Crippen LogP contribution in [0.4, 0.5) is 0 Å². The molecule has 2 atom stereocenters. The Morgan fingerprint density at radius 2 is 1.81 bits per heavy atom. The second kappa shape index (κ2) is 7.59. The number of benzene rings is 1. The molecule has 2 aromatic rings. The lowest BCUT2D eigenvalue weighted by molar-refractivity contribution is 0.170. The molecule has 0 fully saturated rings. The number of rotatable bonds is 7. The van der Waals surface area contributed by atoms with Crippen LogP contribution in [0.3, 0.4) is 0 Å². The first kappa shape index (κ1) is 16.0. The number of nitrogens with one attached hydrogen (secondary N) is 1. The molecule has 0 saturated carbocycles. The summed E-state index contributed by atoms with van der Waals surface area (Å²) in [7, 11) is 0. The molecule has 114 valence electrons. The normalized spacial score (nSPS) is 14.1. The van der Waals surface area contributed by atoms with E-state index in [1.54, 1.807) is 11.3 Å². The summed E-state index contributed by atoms with van der Waals surface area (Å²) in [4.78, 5) is 0. The molecule has 1 aromatic carbocycles. The zero-order chi connectivity index (χ0) is 15.2. The molecule has 1 aromatic heterocycles. The van der Waals surface area contributed by atoms with E-state index in [0.29, 0.717) is 6.54 Å². The molecule has 0 spiro atoms. The summed E-state index contributed by atoms with van der Waals surface area (Å²) in [5.74, 6) is 0.834. The van der Waals surface area contributed by atoms with Crippen LogP contribution in [0, 0.1) is 0 Å². The van der Waals surface area contributed by atoms with Crippen molar-refractivity contribution in [3.63, 3.8) is 0 Å². The van der Waals surface area contributed by atoms with Gasteiger partial charge in [0.15, 0.2) is 0 Å². The molecule has 3 nitrogen and oxygen atoms in total. The fraction of sp³-hybridized carbons (Fsp3) is 0.412. The zero-order valence-corrected chi connectivity index (χ0v) is 13.6. The number of thiophene rings is 1. The van der Waals surface area contributed by atoms with Gasteiger partial charge in [-0.2, -0.15) is 11.3 Å². The van der Waals surface area contributed by atoms with Gasteiger partial charge in [0.1, 0.15) is 5.75 Å². The van der Waals surface area contributed by atoms with Crippen LogP contribution in [-0.2, 0) is 0 Å². The molecule has 0 aliphatic heterocycles. The van der Waals surface area contributed by atoms with Gasteiger partial charge in [-0.1, -0.05) is 12.1 Å². The zero-order valence-electron chi connectivity index (χ0n) is 12.7. The highest BCUT2D eigenvalue weighted by Crippen LogP contribution is 2.20. The minimum absolute atomic E-state index is 0.161. The molecule has 21 heavy (non-hydrogen) atoms. The molecule has 1 heterocycles. The van der Waals surface area contributed by atoms with Crippen LogP contribution in [0.2, 0.25) is 0 Å². The van der Waals surface area contributed by atoms with Crippen molar-refractivity contribution in [3.8, 4) is 5.75 Å². The molecule has 0 amide bonds. The monoisotopic (exact) mass is 305 g/mol. The number of aliphatic hydroxyl groups excluding tert-OH is 1. The van der Waals surface area contributed by atoms with E-state index in [0.717, 1.165) is 11.3 Å². The van der Waals surface area contributed by atoms with Crippen molar-refractivity contribution in [2.75, 3.05) is 6.54 Å². The van der Waals surface area contributed by atoms with Crippen molar-refractivity contribution in [3.05, 3.63) is 52.2 Å². The summed E-state index contributed by atoms with van der Waals surface area (Å²) in [6, 6.07) is 9.99. The molecule has 2 N–H and O–H groups in total. The highest BCUT2D eigenvalue weighted by Gasteiger charge is 2.11. The Bertz CT molecular complexity index is 522. The lowest BCUT2D eigenvalue weighted by Gasteiger charge is -2.17. The van der Waals surface area contributed by atoms with E-state index >= 15 is 0 Å². The predicted molar refractivity (Wildman–Crippen MR) is 87.9 cm³/mol. The van der Waals surface area contributed by atoms with Crippen LogP contribution in [0.15, 0.2) is 41.1 Å². The molecular formula is C17H23NO2S. The SMILES string of the molecule is CC(C)Oc1ccc(C(O)CNC(C)c2ccsc2)cc1. The Morgan fingerprint density at radius 3 is 2.38 bits per heavy atom. The first-order valence-electron chi connectivity index (χ1n) is 7.26. The van der Waals surface area contributed by atoms with Crippen LogP contribution in [0.5, 0.6) is 5.75 Å². The summed E-state index contributed by atoms with van der Waals surface area (Å²) in [6.45, 7) is 6.63. The van der Waals surface area contributed by atoms with Crippen molar-refractivity contribution in [1.82, 2.24) is 5.32 Å². The van der Waals surface area contributed by atoms with E-state index in [-0.39, 0.29) is 12.1 Å². The fourth-order valence-corrected chi connectivity index (χ4v) is 2.84. The van der Waals surface area contributed by atoms with E-state index in [9.17, 15) is 5.11 Å². The van der Waals surface area contributed by atoms with Crippen LogP contribution < -0.4 is 10.1 Å². The maximum Gasteiger partial charge on any atom is 0.119 e. The van der Waals surface area contributed by atoms with Crippen LogP contribution in [0.1, 0.15) is 44.0 Å². The maximum absolute atomic E-state index is 10.2. The number of aliphatic hydroxyl groups is 1.